The highest BCUT2D eigenvalue weighted by Gasteiger charge is 2.46. The molecule has 1 atom stereocenters. The van der Waals surface area contributed by atoms with Gasteiger partial charge in [-0.05, 0) is 42.5 Å². The van der Waals surface area contributed by atoms with Crippen LogP contribution in [-0.2, 0) is 10.4 Å². The monoisotopic (exact) mass is 360 g/mol. The number of nitrogens with two attached hydrogens (primary N) is 1. The molecule has 4 N–H and O–H groups in total. The minimum Gasteiger partial charge on any atom is -0.399 e. The number of carbonyl (C=O) groups is 2. The van der Waals surface area contributed by atoms with Crippen LogP contribution in [-0.4, -0.2) is 16.8 Å². The largest absolute Gasteiger partial charge is 0.399 e. The smallest absolute Gasteiger partial charge is 0.261 e. The second-order valence-electron chi connectivity index (χ2n) is 5.23. The van der Waals surface area contributed by atoms with Gasteiger partial charge in [0.25, 0.3) is 5.91 Å². The fraction of sp³-hybridized carbons (Fsp3) is 0.125. The molecule has 0 unspecified atom stereocenters. The summed E-state index contributed by atoms with van der Waals surface area (Å²) >= 11 is 3.31. The molecular weight excluding hydrogens is 348 g/mol. The number of benzene rings is 2. The molecule has 6 heteroatoms. The van der Waals surface area contributed by atoms with Crippen LogP contribution in [0.2, 0.25) is 0 Å². The molecule has 1 amide bonds. The Labute approximate surface area is 135 Å². The van der Waals surface area contributed by atoms with Gasteiger partial charge in [0.1, 0.15) is 0 Å². The van der Waals surface area contributed by atoms with Crippen LogP contribution in [0.1, 0.15) is 22.3 Å². The molecule has 2 aromatic carbocycles. The van der Waals surface area contributed by atoms with Crippen molar-refractivity contribution >= 4 is 39.0 Å². The topological polar surface area (TPSA) is 92.4 Å². The number of Topliss-reactive ketones (excluding diaryl/α,β-unsaturated/α-hetero) is 1. The third-order valence-corrected chi connectivity index (χ3v) is 4.19. The van der Waals surface area contributed by atoms with Gasteiger partial charge in [-0.25, -0.2) is 0 Å². The summed E-state index contributed by atoms with van der Waals surface area (Å²) in [6, 6.07) is 11.5. The molecule has 112 valence electrons. The number of rotatable bonds is 3. The van der Waals surface area contributed by atoms with Crippen LogP contribution in [0.15, 0.2) is 46.9 Å². The van der Waals surface area contributed by atoms with Crippen LogP contribution in [0.5, 0.6) is 0 Å². The number of carbonyl (C=O) groups excluding carboxylic acids is 2. The van der Waals surface area contributed by atoms with E-state index in [9.17, 15) is 14.7 Å². The number of ketones is 1. The molecule has 5 nitrogen and oxygen atoms in total. The second-order valence-corrected chi connectivity index (χ2v) is 6.14. The van der Waals surface area contributed by atoms with E-state index in [0.29, 0.717) is 22.5 Å². The van der Waals surface area contributed by atoms with Crippen LogP contribution in [0.25, 0.3) is 0 Å². The Kier molecular flexibility index (Phi) is 3.50. The first-order chi connectivity index (χ1) is 10.4. The molecular formula is C16H13BrN2O3. The maximum atomic E-state index is 12.4. The summed E-state index contributed by atoms with van der Waals surface area (Å²) in [6.07, 6.45) is -0.327. The summed E-state index contributed by atoms with van der Waals surface area (Å²) in [5.41, 5.74) is 5.58. The van der Waals surface area contributed by atoms with Gasteiger partial charge in [-0.2, -0.15) is 0 Å². The molecule has 1 heterocycles. The highest BCUT2D eigenvalue weighted by Crippen LogP contribution is 2.40. The van der Waals surface area contributed by atoms with Crippen LogP contribution in [0.4, 0.5) is 11.4 Å². The Morgan fingerprint density at radius 1 is 1.23 bits per heavy atom. The molecule has 0 fully saturated rings. The van der Waals surface area contributed by atoms with Crippen LogP contribution in [0.3, 0.4) is 0 Å². The quantitative estimate of drug-likeness (QED) is 0.578. The molecule has 2 aromatic rings. The second kappa shape index (κ2) is 5.23. The predicted octanol–water partition coefficient (Wildman–Crippen LogP) is 2.44. The fourth-order valence-corrected chi connectivity index (χ4v) is 2.86. The average molecular weight is 361 g/mol. The van der Waals surface area contributed by atoms with Crippen molar-refractivity contribution in [3.05, 3.63) is 58.1 Å². The normalized spacial score (nSPS) is 19.6. The van der Waals surface area contributed by atoms with Gasteiger partial charge >= 0.3 is 0 Å². The molecule has 3 rings (SSSR count). The number of nitrogens with one attached hydrogen (secondary N) is 1. The van der Waals surface area contributed by atoms with E-state index >= 15 is 0 Å². The molecule has 0 spiro atoms. The first-order valence-corrected chi connectivity index (χ1v) is 7.42. The standard InChI is InChI=1S/C16H13BrN2O3/c17-10-3-6-13-12(7-10)16(22,15(21)19-13)8-14(20)9-1-4-11(18)5-2-9/h1-7,22H,8,18H2,(H,19,21)/t16-/m0/s1. The van der Waals surface area contributed by atoms with E-state index in [0.717, 1.165) is 4.47 Å². The van der Waals surface area contributed by atoms with Crippen LogP contribution in [0, 0.1) is 0 Å². The van der Waals surface area contributed by atoms with E-state index in [1.165, 1.54) is 0 Å². The van der Waals surface area contributed by atoms with Crippen molar-refractivity contribution in [2.75, 3.05) is 11.1 Å². The highest BCUT2D eigenvalue weighted by atomic mass is 79.9. The number of nitrogen functional groups attached to an aromatic ring is 1. The minimum atomic E-state index is -1.86. The van der Waals surface area contributed by atoms with Crippen molar-refractivity contribution in [3.63, 3.8) is 0 Å². The maximum absolute atomic E-state index is 12.4. The molecule has 1 aliphatic heterocycles. The van der Waals surface area contributed by atoms with E-state index in [-0.39, 0.29) is 12.2 Å². The Bertz CT molecular complexity index is 773. The lowest BCUT2D eigenvalue weighted by atomic mass is 9.88. The van der Waals surface area contributed by atoms with Gasteiger partial charge in [0.05, 0.1) is 6.42 Å². The molecule has 0 saturated carbocycles. The number of halogens is 1. The zero-order valence-electron chi connectivity index (χ0n) is 11.5. The van der Waals surface area contributed by atoms with E-state index in [2.05, 4.69) is 21.2 Å². The van der Waals surface area contributed by atoms with Crippen molar-refractivity contribution in [3.8, 4) is 0 Å². The average Bonchev–Trinajstić information content (AvgIpc) is 2.71. The van der Waals surface area contributed by atoms with Gasteiger partial charge < -0.3 is 16.2 Å². The van der Waals surface area contributed by atoms with Crippen molar-refractivity contribution in [2.45, 2.75) is 12.0 Å². The van der Waals surface area contributed by atoms with Crippen molar-refractivity contribution in [1.29, 1.82) is 0 Å². The lowest BCUT2D eigenvalue weighted by Crippen LogP contribution is -2.36. The van der Waals surface area contributed by atoms with Gasteiger partial charge in [-0.15, -0.1) is 0 Å². The zero-order valence-corrected chi connectivity index (χ0v) is 13.1. The molecule has 1 aliphatic rings. The molecule has 0 aliphatic carbocycles. The van der Waals surface area contributed by atoms with Gasteiger partial charge in [0.2, 0.25) is 0 Å². The van der Waals surface area contributed by atoms with Crippen molar-refractivity contribution in [2.24, 2.45) is 0 Å². The lowest BCUT2D eigenvalue weighted by Gasteiger charge is -2.20. The van der Waals surface area contributed by atoms with Crippen molar-refractivity contribution < 1.29 is 14.7 Å². The van der Waals surface area contributed by atoms with Gasteiger partial charge in [0.15, 0.2) is 11.4 Å². The van der Waals surface area contributed by atoms with Crippen molar-refractivity contribution in [1.82, 2.24) is 0 Å². The first kappa shape index (κ1) is 14.7. The molecule has 0 radical (unpaired) electrons. The van der Waals surface area contributed by atoms with Gasteiger partial charge in [-0.1, -0.05) is 15.9 Å². The molecule has 0 aromatic heterocycles. The lowest BCUT2D eigenvalue weighted by molar-refractivity contribution is -0.133. The van der Waals surface area contributed by atoms with E-state index in [1.54, 1.807) is 42.5 Å². The van der Waals surface area contributed by atoms with E-state index < -0.39 is 11.5 Å². The number of aliphatic hydroxyl groups is 1. The number of hydrogen-bond acceptors (Lipinski definition) is 4. The summed E-state index contributed by atoms with van der Waals surface area (Å²) in [4.78, 5) is 24.5. The summed E-state index contributed by atoms with van der Waals surface area (Å²) in [7, 11) is 0. The van der Waals surface area contributed by atoms with E-state index in [1.807, 2.05) is 0 Å². The third kappa shape index (κ3) is 2.40. The fourth-order valence-electron chi connectivity index (χ4n) is 2.49. The Morgan fingerprint density at radius 3 is 2.59 bits per heavy atom. The number of anilines is 2. The minimum absolute atomic E-state index is 0.327. The Morgan fingerprint density at radius 2 is 1.91 bits per heavy atom. The molecule has 0 saturated heterocycles. The number of fused-ring (bicyclic) bond motifs is 1. The van der Waals surface area contributed by atoms with Crippen LogP contribution < -0.4 is 11.1 Å². The highest BCUT2D eigenvalue weighted by molar-refractivity contribution is 9.10. The predicted molar refractivity (Wildman–Crippen MR) is 86.5 cm³/mol. The SMILES string of the molecule is Nc1ccc(C(=O)C[C@@]2(O)C(=O)Nc3ccc(Br)cc32)cc1. The molecule has 22 heavy (non-hydrogen) atoms. The third-order valence-electron chi connectivity index (χ3n) is 3.70. The molecule has 0 bridgehead atoms. The summed E-state index contributed by atoms with van der Waals surface area (Å²) in [6.45, 7) is 0. The van der Waals surface area contributed by atoms with Gasteiger partial charge in [-0.3, -0.25) is 9.59 Å². The summed E-state index contributed by atoms with van der Waals surface area (Å²) < 4.78 is 0.723. The van der Waals surface area contributed by atoms with Crippen LogP contribution >= 0.6 is 15.9 Å². The first-order valence-electron chi connectivity index (χ1n) is 6.63. The van der Waals surface area contributed by atoms with E-state index in [4.69, 9.17) is 5.73 Å². The summed E-state index contributed by atoms with van der Waals surface area (Å²) in [5.74, 6) is -0.921. The number of hydrogen-bond donors (Lipinski definition) is 3. The Hall–Kier alpha value is -2.18. The zero-order chi connectivity index (χ0) is 15.9. The Balaban J connectivity index is 1.94. The maximum Gasteiger partial charge on any atom is 0.261 e. The summed E-state index contributed by atoms with van der Waals surface area (Å²) in [5, 5.41) is 13.3. The van der Waals surface area contributed by atoms with Gasteiger partial charge in [0, 0.05) is 27.0 Å². The number of amides is 1.